The SMILES string of the molecule is COc1cc(C(C)C)cc2scnc12. The van der Waals surface area contributed by atoms with Gasteiger partial charge in [0.15, 0.2) is 0 Å². The first-order valence-corrected chi connectivity index (χ1v) is 5.51. The summed E-state index contributed by atoms with van der Waals surface area (Å²) in [5, 5.41) is 0. The second kappa shape index (κ2) is 3.58. The molecule has 2 aromatic rings. The molecule has 1 heterocycles. The predicted molar refractivity (Wildman–Crippen MR) is 60.3 cm³/mol. The fraction of sp³-hybridized carbons (Fsp3) is 0.364. The van der Waals surface area contributed by atoms with Crippen LogP contribution in [0.2, 0.25) is 0 Å². The van der Waals surface area contributed by atoms with Gasteiger partial charge in [-0.15, -0.1) is 11.3 Å². The average Bonchev–Trinajstić information content (AvgIpc) is 2.63. The van der Waals surface area contributed by atoms with Crippen molar-refractivity contribution in [2.45, 2.75) is 19.8 Å². The Balaban J connectivity index is 2.67. The molecule has 2 nitrogen and oxygen atoms in total. The normalized spacial score (nSPS) is 11.1. The monoisotopic (exact) mass is 207 g/mol. The number of hydrogen-bond acceptors (Lipinski definition) is 3. The number of ether oxygens (including phenoxy) is 1. The Bertz CT molecular complexity index is 447. The summed E-state index contributed by atoms with van der Waals surface area (Å²) in [6, 6.07) is 4.27. The zero-order valence-corrected chi connectivity index (χ0v) is 9.39. The van der Waals surface area contributed by atoms with Gasteiger partial charge in [-0.2, -0.15) is 0 Å². The van der Waals surface area contributed by atoms with E-state index in [1.807, 2.05) is 5.51 Å². The van der Waals surface area contributed by atoms with Gasteiger partial charge in [0.1, 0.15) is 11.3 Å². The maximum absolute atomic E-state index is 5.32. The largest absolute Gasteiger partial charge is 0.494 e. The summed E-state index contributed by atoms with van der Waals surface area (Å²) in [6.07, 6.45) is 0. The second-order valence-electron chi connectivity index (χ2n) is 3.58. The quantitative estimate of drug-likeness (QED) is 0.752. The number of thiazole rings is 1. The molecule has 0 bridgehead atoms. The van der Waals surface area contributed by atoms with Crippen LogP contribution in [0.1, 0.15) is 25.3 Å². The molecule has 0 saturated carbocycles. The molecule has 14 heavy (non-hydrogen) atoms. The lowest BCUT2D eigenvalue weighted by molar-refractivity contribution is 0.418. The van der Waals surface area contributed by atoms with Gasteiger partial charge in [0.05, 0.1) is 17.3 Å². The average molecular weight is 207 g/mol. The third-order valence-corrected chi connectivity index (χ3v) is 3.09. The Morgan fingerprint density at radius 2 is 2.14 bits per heavy atom. The number of benzene rings is 1. The van der Waals surface area contributed by atoms with Crippen molar-refractivity contribution in [2.24, 2.45) is 0 Å². The van der Waals surface area contributed by atoms with Crippen LogP contribution in [-0.4, -0.2) is 12.1 Å². The first-order chi connectivity index (χ1) is 6.72. The molecule has 0 aliphatic carbocycles. The van der Waals surface area contributed by atoms with Gasteiger partial charge in [-0.05, 0) is 23.6 Å². The number of fused-ring (bicyclic) bond motifs is 1. The molecule has 0 radical (unpaired) electrons. The molecule has 0 atom stereocenters. The second-order valence-corrected chi connectivity index (χ2v) is 4.46. The fourth-order valence-electron chi connectivity index (χ4n) is 1.44. The van der Waals surface area contributed by atoms with Gasteiger partial charge in [-0.1, -0.05) is 13.8 Å². The predicted octanol–water partition coefficient (Wildman–Crippen LogP) is 3.43. The van der Waals surface area contributed by atoms with Crippen molar-refractivity contribution < 1.29 is 4.74 Å². The summed E-state index contributed by atoms with van der Waals surface area (Å²) in [4.78, 5) is 4.28. The van der Waals surface area contributed by atoms with Crippen LogP contribution in [0.15, 0.2) is 17.6 Å². The number of hydrogen-bond donors (Lipinski definition) is 0. The minimum atomic E-state index is 0.524. The molecule has 0 aliphatic heterocycles. The molecule has 0 fully saturated rings. The Morgan fingerprint density at radius 3 is 2.79 bits per heavy atom. The summed E-state index contributed by atoms with van der Waals surface area (Å²) in [5.41, 5.74) is 4.14. The van der Waals surface area contributed by atoms with Crippen molar-refractivity contribution in [3.05, 3.63) is 23.2 Å². The molecule has 0 saturated heterocycles. The van der Waals surface area contributed by atoms with E-state index < -0.39 is 0 Å². The van der Waals surface area contributed by atoms with Crippen LogP contribution in [0.5, 0.6) is 5.75 Å². The third kappa shape index (κ3) is 1.48. The van der Waals surface area contributed by atoms with Crippen LogP contribution in [-0.2, 0) is 0 Å². The summed E-state index contributed by atoms with van der Waals surface area (Å²) in [5.74, 6) is 1.41. The Labute approximate surface area is 87.5 Å². The smallest absolute Gasteiger partial charge is 0.146 e. The minimum Gasteiger partial charge on any atom is -0.494 e. The topological polar surface area (TPSA) is 22.1 Å². The van der Waals surface area contributed by atoms with Crippen LogP contribution in [0.3, 0.4) is 0 Å². The summed E-state index contributed by atoms with van der Waals surface area (Å²) in [7, 11) is 1.69. The third-order valence-electron chi connectivity index (χ3n) is 2.31. The van der Waals surface area contributed by atoms with E-state index in [2.05, 4.69) is 31.0 Å². The van der Waals surface area contributed by atoms with Gasteiger partial charge in [0.25, 0.3) is 0 Å². The maximum Gasteiger partial charge on any atom is 0.146 e. The molecule has 0 amide bonds. The van der Waals surface area contributed by atoms with Gasteiger partial charge >= 0.3 is 0 Å². The standard InChI is InChI=1S/C11H13NOS/c1-7(2)8-4-9(13-3)11-10(5-8)14-6-12-11/h4-7H,1-3H3. The van der Waals surface area contributed by atoms with Gasteiger partial charge in [-0.3, -0.25) is 0 Å². The van der Waals surface area contributed by atoms with Crippen LogP contribution < -0.4 is 4.74 Å². The Morgan fingerprint density at radius 1 is 1.36 bits per heavy atom. The zero-order chi connectivity index (χ0) is 10.1. The molecule has 74 valence electrons. The molecule has 0 unspecified atom stereocenters. The molecule has 0 N–H and O–H groups in total. The first-order valence-electron chi connectivity index (χ1n) is 4.63. The summed E-state index contributed by atoms with van der Waals surface area (Å²) < 4.78 is 6.52. The van der Waals surface area contributed by atoms with E-state index in [0.29, 0.717) is 5.92 Å². The highest BCUT2D eigenvalue weighted by Gasteiger charge is 2.08. The highest BCUT2D eigenvalue weighted by Crippen LogP contribution is 2.31. The number of rotatable bonds is 2. The summed E-state index contributed by atoms with van der Waals surface area (Å²) >= 11 is 1.66. The van der Waals surface area contributed by atoms with Crippen LogP contribution in [0, 0.1) is 0 Å². The molecule has 1 aromatic heterocycles. The van der Waals surface area contributed by atoms with Crippen LogP contribution in [0.25, 0.3) is 10.2 Å². The lowest BCUT2D eigenvalue weighted by Gasteiger charge is -2.08. The van der Waals surface area contributed by atoms with Crippen molar-refractivity contribution in [3.63, 3.8) is 0 Å². The van der Waals surface area contributed by atoms with Gasteiger partial charge < -0.3 is 4.74 Å². The molecule has 1 aromatic carbocycles. The van der Waals surface area contributed by atoms with E-state index in [4.69, 9.17) is 4.74 Å². The van der Waals surface area contributed by atoms with Gasteiger partial charge in [0, 0.05) is 0 Å². The van der Waals surface area contributed by atoms with E-state index >= 15 is 0 Å². The molecule has 3 heteroatoms. The van der Waals surface area contributed by atoms with E-state index in [0.717, 1.165) is 11.3 Å². The highest BCUT2D eigenvalue weighted by molar-refractivity contribution is 7.16. The number of nitrogens with zero attached hydrogens (tertiary/aromatic N) is 1. The first kappa shape index (κ1) is 9.46. The molecule has 0 aliphatic rings. The van der Waals surface area contributed by atoms with Crippen LogP contribution in [0.4, 0.5) is 0 Å². The number of methoxy groups -OCH3 is 1. The van der Waals surface area contributed by atoms with Crippen LogP contribution >= 0.6 is 11.3 Å². The number of aromatic nitrogens is 1. The molecular weight excluding hydrogens is 194 g/mol. The summed E-state index contributed by atoms with van der Waals surface area (Å²) in [6.45, 7) is 4.36. The highest BCUT2D eigenvalue weighted by atomic mass is 32.1. The van der Waals surface area contributed by atoms with E-state index in [-0.39, 0.29) is 0 Å². The fourth-order valence-corrected chi connectivity index (χ4v) is 2.19. The molecular formula is C11H13NOS. The minimum absolute atomic E-state index is 0.524. The lowest BCUT2D eigenvalue weighted by atomic mass is 10.0. The van der Waals surface area contributed by atoms with Gasteiger partial charge in [-0.25, -0.2) is 4.98 Å². The zero-order valence-electron chi connectivity index (χ0n) is 8.57. The van der Waals surface area contributed by atoms with E-state index in [1.165, 1.54) is 10.3 Å². The van der Waals surface area contributed by atoms with Crippen molar-refractivity contribution >= 4 is 21.6 Å². The van der Waals surface area contributed by atoms with E-state index in [9.17, 15) is 0 Å². The van der Waals surface area contributed by atoms with Gasteiger partial charge in [0.2, 0.25) is 0 Å². The van der Waals surface area contributed by atoms with Crippen molar-refractivity contribution in [2.75, 3.05) is 7.11 Å². The Kier molecular flexibility index (Phi) is 2.42. The van der Waals surface area contributed by atoms with Crippen molar-refractivity contribution in [1.82, 2.24) is 4.98 Å². The molecule has 2 rings (SSSR count). The lowest BCUT2D eigenvalue weighted by Crippen LogP contribution is -1.90. The Hall–Kier alpha value is -1.09. The van der Waals surface area contributed by atoms with Crippen molar-refractivity contribution in [3.8, 4) is 5.75 Å². The van der Waals surface area contributed by atoms with E-state index in [1.54, 1.807) is 18.4 Å². The molecule has 0 spiro atoms. The van der Waals surface area contributed by atoms with Crippen molar-refractivity contribution in [1.29, 1.82) is 0 Å². The maximum atomic E-state index is 5.32.